The highest BCUT2D eigenvalue weighted by Crippen LogP contribution is 2.24. The van der Waals surface area contributed by atoms with Gasteiger partial charge in [-0.2, -0.15) is 0 Å². The summed E-state index contributed by atoms with van der Waals surface area (Å²) in [6.45, 7) is 7.56. The Bertz CT molecular complexity index is 549. The van der Waals surface area contributed by atoms with Crippen molar-refractivity contribution in [3.8, 4) is 0 Å². The number of rotatable bonds is 3. The molecule has 1 N–H and O–H groups in total. The molecule has 1 aromatic heterocycles. The molecule has 1 aromatic carbocycles. The van der Waals surface area contributed by atoms with Gasteiger partial charge in [0.25, 0.3) is 0 Å². The lowest BCUT2D eigenvalue weighted by Gasteiger charge is -2.20. The molecule has 0 fully saturated rings. The summed E-state index contributed by atoms with van der Waals surface area (Å²) in [6, 6.07) is 6.10. The molecule has 0 bridgehead atoms. The molecular formula is C15H21ClN2. The van der Waals surface area contributed by atoms with E-state index in [9.17, 15) is 0 Å². The molecule has 0 radical (unpaired) electrons. The number of nitrogens with zero attached hydrogens (tertiary/aromatic N) is 1. The maximum absolute atomic E-state index is 6.04. The number of aryl methyl sites for hydroxylation is 1. The normalized spacial score (nSPS) is 12.3. The first-order chi connectivity index (χ1) is 8.37. The fourth-order valence-corrected chi connectivity index (χ4v) is 2.38. The van der Waals surface area contributed by atoms with Crippen LogP contribution in [0.4, 0.5) is 0 Å². The summed E-state index contributed by atoms with van der Waals surface area (Å²) < 4.78 is 2.15. The van der Waals surface area contributed by atoms with Gasteiger partial charge in [-0.15, -0.1) is 0 Å². The van der Waals surface area contributed by atoms with Crippen LogP contribution in [0.2, 0.25) is 5.02 Å². The maximum atomic E-state index is 6.04. The Balaban J connectivity index is 2.19. The average Bonchev–Trinajstić information content (AvgIpc) is 2.54. The zero-order valence-corrected chi connectivity index (χ0v) is 12.3. The lowest BCUT2D eigenvalue weighted by atomic mass is 10.1. The van der Waals surface area contributed by atoms with E-state index in [0.717, 1.165) is 18.0 Å². The molecule has 0 spiro atoms. The zero-order chi connectivity index (χ0) is 13.3. The lowest BCUT2D eigenvalue weighted by Crippen LogP contribution is -2.37. The van der Waals surface area contributed by atoms with Crippen LogP contribution in [0, 0.1) is 0 Å². The monoisotopic (exact) mass is 264 g/mol. The summed E-state index contributed by atoms with van der Waals surface area (Å²) in [7, 11) is 2.07. The van der Waals surface area contributed by atoms with Gasteiger partial charge in [0.1, 0.15) is 0 Å². The molecule has 2 aromatic rings. The highest BCUT2D eigenvalue weighted by atomic mass is 35.5. The SMILES string of the molecule is Cn1cc(CCNC(C)(C)C)c2ccc(Cl)cc21. The smallest absolute Gasteiger partial charge is 0.0495 e. The van der Waals surface area contributed by atoms with E-state index in [-0.39, 0.29) is 5.54 Å². The van der Waals surface area contributed by atoms with Crippen LogP contribution in [0.1, 0.15) is 26.3 Å². The molecule has 0 amide bonds. The van der Waals surface area contributed by atoms with Crippen LogP contribution in [0.3, 0.4) is 0 Å². The predicted octanol–water partition coefficient (Wildman–Crippen LogP) is 3.76. The van der Waals surface area contributed by atoms with Crippen molar-refractivity contribution in [2.45, 2.75) is 32.7 Å². The van der Waals surface area contributed by atoms with Crippen LogP contribution < -0.4 is 5.32 Å². The number of halogens is 1. The van der Waals surface area contributed by atoms with E-state index >= 15 is 0 Å². The van der Waals surface area contributed by atoms with Crippen molar-refractivity contribution in [3.63, 3.8) is 0 Å². The molecule has 2 nitrogen and oxygen atoms in total. The molecular weight excluding hydrogens is 244 g/mol. The summed E-state index contributed by atoms with van der Waals surface area (Å²) in [5.41, 5.74) is 2.75. The van der Waals surface area contributed by atoms with Gasteiger partial charge in [0.2, 0.25) is 0 Å². The van der Waals surface area contributed by atoms with E-state index in [1.54, 1.807) is 0 Å². The summed E-state index contributed by atoms with van der Waals surface area (Å²) in [4.78, 5) is 0. The van der Waals surface area contributed by atoms with E-state index in [4.69, 9.17) is 11.6 Å². The van der Waals surface area contributed by atoms with Crippen LogP contribution in [-0.2, 0) is 13.5 Å². The van der Waals surface area contributed by atoms with Gasteiger partial charge in [0, 0.05) is 34.7 Å². The van der Waals surface area contributed by atoms with E-state index < -0.39 is 0 Å². The molecule has 0 aliphatic rings. The summed E-state index contributed by atoms with van der Waals surface area (Å²) in [5.74, 6) is 0. The number of fused-ring (bicyclic) bond motifs is 1. The van der Waals surface area contributed by atoms with Gasteiger partial charge in [-0.1, -0.05) is 17.7 Å². The Kier molecular flexibility index (Phi) is 3.69. The molecule has 0 saturated carbocycles. The van der Waals surface area contributed by atoms with Gasteiger partial charge in [0.15, 0.2) is 0 Å². The maximum Gasteiger partial charge on any atom is 0.0495 e. The molecule has 2 rings (SSSR count). The van der Waals surface area contributed by atoms with Gasteiger partial charge in [-0.3, -0.25) is 0 Å². The molecule has 0 aliphatic carbocycles. The number of hydrogen-bond acceptors (Lipinski definition) is 1. The van der Waals surface area contributed by atoms with Gasteiger partial charge < -0.3 is 9.88 Å². The Morgan fingerprint density at radius 2 is 2.00 bits per heavy atom. The van der Waals surface area contributed by atoms with Crippen LogP contribution in [0.25, 0.3) is 10.9 Å². The average molecular weight is 265 g/mol. The van der Waals surface area contributed by atoms with Crippen molar-refractivity contribution in [1.29, 1.82) is 0 Å². The zero-order valence-electron chi connectivity index (χ0n) is 11.5. The second kappa shape index (κ2) is 4.94. The van der Waals surface area contributed by atoms with E-state index in [1.165, 1.54) is 16.5 Å². The fraction of sp³-hybridized carbons (Fsp3) is 0.467. The third-order valence-electron chi connectivity index (χ3n) is 3.08. The third kappa shape index (κ3) is 3.06. The molecule has 0 aliphatic heterocycles. The third-order valence-corrected chi connectivity index (χ3v) is 3.32. The molecule has 18 heavy (non-hydrogen) atoms. The standard InChI is InChI=1S/C15H21ClN2/c1-15(2,3)17-8-7-11-10-18(4)14-9-12(16)5-6-13(11)14/h5-6,9-10,17H,7-8H2,1-4H3. The van der Waals surface area contributed by atoms with Crippen LogP contribution >= 0.6 is 11.6 Å². The van der Waals surface area contributed by atoms with Crippen LogP contribution in [-0.4, -0.2) is 16.7 Å². The lowest BCUT2D eigenvalue weighted by molar-refractivity contribution is 0.430. The van der Waals surface area contributed by atoms with E-state index in [0.29, 0.717) is 0 Å². The first-order valence-electron chi connectivity index (χ1n) is 6.35. The molecule has 98 valence electrons. The van der Waals surface area contributed by atoms with E-state index in [1.807, 2.05) is 12.1 Å². The van der Waals surface area contributed by atoms with Gasteiger partial charge in [0.05, 0.1) is 0 Å². The van der Waals surface area contributed by atoms with E-state index in [2.05, 4.69) is 50.0 Å². The summed E-state index contributed by atoms with van der Waals surface area (Å²) in [6.07, 6.45) is 3.24. The van der Waals surface area contributed by atoms with Gasteiger partial charge in [-0.25, -0.2) is 0 Å². The van der Waals surface area contributed by atoms with Crippen molar-refractivity contribution in [2.24, 2.45) is 7.05 Å². The van der Waals surface area contributed by atoms with Crippen molar-refractivity contribution >= 4 is 22.5 Å². The number of nitrogens with one attached hydrogen (secondary N) is 1. The van der Waals surface area contributed by atoms with Crippen LogP contribution in [0.15, 0.2) is 24.4 Å². The fourth-order valence-electron chi connectivity index (χ4n) is 2.21. The van der Waals surface area contributed by atoms with Crippen molar-refractivity contribution in [1.82, 2.24) is 9.88 Å². The predicted molar refractivity (Wildman–Crippen MR) is 79.4 cm³/mol. The first kappa shape index (κ1) is 13.4. The first-order valence-corrected chi connectivity index (χ1v) is 6.73. The highest BCUT2D eigenvalue weighted by Gasteiger charge is 2.10. The summed E-state index contributed by atoms with van der Waals surface area (Å²) >= 11 is 6.04. The molecule has 0 saturated heterocycles. The largest absolute Gasteiger partial charge is 0.350 e. The van der Waals surface area contributed by atoms with Gasteiger partial charge >= 0.3 is 0 Å². The highest BCUT2D eigenvalue weighted by molar-refractivity contribution is 6.31. The molecule has 1 heterocycles. The second-order valence-corrected chi connectivity index (χ2v) is 6.29. The van der Waals surface area contributed by atoms with Gasteiger partial charge in [-0.05, 0) is 51.4 Å². The minimum Gasteiger partial charge on any atom is -0.350 e. The minimum atomic E-state index is 0.174. The summed E-state index contributed by atoms with van der Waals surface area (Å²) in [5, 5.41) is 5.62. The molecule has 0 unspecified atom stereocenters. The van der Waals surface area contributed by atoms with Crippen molar-refractivity contribution in [3.05, 3.63) is 35.0 Å². The Hall–Kier alpha value is -0.990. The number of aromatic nitrogens is 1. The Labute approximate surface area is 114 Å². The second-order valence-electron chi connectivity index (χ2n) is 5.85. The number of hydrogen-bond donors (Lipinski definition) is 1. The number of benzene rings is 1. The Morgan fingerprint density at radius 1 is 1.28 bits per heavy atom. The van der Waals surface area contributed by atoms with Crippen LogP contribution in [0.5, 0.6) is 0 Å². The minimum absolute atomic E-state index is 0.174. The van der Waals surface area contributed by atoms with Crippen molar-refractivity contribution in [2.75, 3.05) is 6.54 Å². The molecule has 0 atom stereocenters. The quantitative estimate of drug-likeness (QED) is 0.893. The topological polar surface area (TPSA) is 17.0 Å². The molecule has 3 heteroatoms. The van der Waals surface area contributed by atoms with Crippen molar-refractivity contribution < 1.29 is 0 Å². The Morgan fingerprint density at radius 3 is 2.67 bits per heavy atom.